The van der Waals surface area contributed by atoms with E-state index in [1.807, 2.05) is 25.1 Å². The maximum absolute atomic E-state index is 9.91. The molecule has 3 heteroatoms. The fourth-order valence-electron chi connectivity index (χ4n) is 2.13. The number of hydrogen-bond donors (Lipinski definition) is 2. The standard InChI is InChI=1S/C14H20O3/c1-10(8-15)9-17-12-6-5-11-3-2-4-14(16)13(11)7-12/h5-7,10,14-16H,2-4,8-9H2,1H3/t10?,14-/m1/s1. The molecule has 1 unspecified atom stereocenters. The molecule has 0 heterocycles. The molecule has 0 bridgehead atoms. The molecule has 2 N–H and O–H groups in total. The van der Waals surface area contributed by atoms with Gasteiger partial charge in [0.15, 0.2) is 0 Å². The van der Waals surface area contributed by atoms with E-state index in [0.29, 0.717) is 6.61 Å². The maximum Gasteiger partial charge on any atom is 0.119 e. The summed E-state index contributed by atoms with van der Waals surface area (Å²) >= 11 is 0. The van der Waals surface area contributed by atoms with Crippen LogP contribution in [0.5, 0.6) is 5.75 Å². The highest BCUT2D eigenvalue weighted by Crippen LogP contribution is 2.32. The van der Waals surface area contributed by atoms with Crippen molar-refractivity contribution in [2.75, 3.05) is 13.2 Å². The smallest absolute Gasteiger partial charge is 0.119 e. The lowest BCUT2D eigenvalue weighted by Crippen LogP contribution is -2.13. The molecule has 17 heavy (non-hydrogen) atoms. The lowest BCUT2D eigenvalue weighted by Gasteiger charge is -2.22. The summed E-state index contributed by atoms with van der Waals surface area (Å²) in [6.07, 6.45) is 2.58. The third-order valence-electron chi connectivity index (χ3n) is 3.25. The number of rotatable bonds is 4. The average molecular weight is 236 g/mol. The van der Waals surface area contributed by atoms with E-state index in [4.69, 9.17) is 9.84 Å². The second-order valence-electron chi connectivity index (χ2n) is 4.87. The van der Waals surface area contributed by atoms with Gasteiger partial charge in [-0.05, 0) is 42.5 Å². The summed E-state index contributed by atoms with van der Waals surface area (Å²) in [5.41, 5.74) is 2.23. The van der Waals surface area contributed by atoms with Crippen LogP contribution in [0.1, 0.15) is 37.0 Å². The number of aryl methyl sites for hydroxylation is 1. The summed E-state index contributed by atoms with van der Waals surface area (Å²) in [6, 6.07) is 5.92. The van der Waals surface area contributed by atoms with Gasteiger partial charge in [0, 0.05) is 12.5 Å². The number of aliphatic hydroxyl groups is 2. The molecule has 0 fully saturated rings. The van der Waals surface area contributed by atoms with Crippen molar-refractivity contribution in [3.63, 3.8) is 0 Å². The first-order chi connectivity index (χ1) is 8.20. The number of hydrogen-bond acceptors (Lipinski definition) is 3. The first-order valence-electron chi connectivity index (χ1n) is 6.25. The van der Waals surface area contributed by atoms with Gasteiger partial charge in [0.2, 0.25) is 0 Å². The van der Waals surface area contributed by atoms with Crippen molar-refractivity contribution >= 4 is 0 Å². The second-order valence-corrected chi connectivity index (χ2v) is 4.87. The van der Waals surface area contributed by atoms with Gasteiger partial charge in [0.25, 0.3) is 0 Å². The van der Waals surface area contributed by atoms with Crippen molar-refractivity contribution in [2.45, 2.75) is 32.3 Å². The van der Waals surface area contributed by atoms with Gasteiger partial charge in [-0.25, -0.2) is 0 Å². The summed E-state index contributed by atoms with van der Waals surface area (Å²) in [5, 5.41) is 18.8. The zero-order valence-corrected chi connectivity index (χ0v) is 10.2. The number of fused-ring (bicyclic) bond motifs is 1. The Kier molecular flexibility index (Phi) is 4.02. The number of ether oxygens (including phenoxy) is 1. The van der Waals surface area contributed by atoms with Crippen LogP contribution in [-0.4, -0.2) is 23.4 Å². The third kappa shape index (κ3) is 2.99. The van der Waals surface area contributed by atoms with Gasteiger partial charge in [-0.1, -0.05) is 13.0 Å². The Morgan fingerprint density at radius 3 is 3.06 bits per heavy atom. The van der Waals surface area contributed by atoms with Gasteiger partial charge in [0.1, 0.15) is 5.75 Å². The largest absolute Gasteiger partial charge is 0.493 e. The van der Waals surface area contributed by atoms with Crippen LogP contribution in [0.2, 0.25) is 0 Å². The third-order valence-corrected chi connectivity index (χ3v) is 3.25. The molecular weight excluding hydrogens is 216 g/mol. The predicted molar refractivity (Wildman–Crippen MR) is 66.1 cm³/mol. The highest BCUT2D eigenvalue weighted by atomic mass is 16.5. The van der Waals surface area contributed by atoms with Crippen LogP contribution in [-0.2, 0) is 6.42 Å². The molecule has 1 aliphatic rings. The molecule has 3 nitrogen and oxygen atoms in total. The topological polar surface area (TPSA) is 49.7 Å². The quantitative estimate of drug-likeness (QED) is 0.841. The molecule has 0 radical (unpaired) electrons. The molecule has 1 aliphatic carbocycles. The molecule has 94 valence electrons. The van der Waals surface area contributed by atoms with E-state index < -0.39 is 0 Å². The van der Waals surface area contributed by atoms with E-state index >= 15 is 0 Å². The van der Waals surface area contributed by atoms with E-state index in [1.54, 1.807) is 0 Å². The van der Waals surface area contributed by atoms with E-state index in [1.165, 1.54) is 5.56 Å². The minimum Gasteiger partial charge on any atom is -0.493 e. The monoisotopic (exact) mass is 236 g/mol. The van der Waals surface area contributed by atoms with Crippen molar-refractivity contribution in [1.82, 2.24) is 0 Å². The molecule has 0 saturated carbocycles. The molecule has 0 amide bonds. The summed E-state index contributed by atoms with van der Waals surface area (Å²) in [6.45, 7) is 2.58. The van der Waals surface area contributed by atoms with Gasteiger partial charge in [-0.3, -0.25) is 0 Å². The molecule has 1 aromatic rings. The molecule has 2 atom stereocenters. The molecule has 0 aromatic heterocycles. The van der Waals surface area contributed by atoms with Crippen LogP contribution in [0.4, 0.5) is 0 Å². The van der Waals surface area contributed by atoms with Crippen LogP contribution < -0.4 is 4.74 Å². The fraction of sp³-hybridized carbons (Fsp3) is 0.571. The minimum absolute atomic E-state index is 0.133. The summed E-state index contributed by atoms with van der Waals surface area (Å²) in [7, 11) is 0. The molecule has 1 aromatic carbocycles. The molecule has 0 spiro atoms. The Hall–Kier alpha value is -1.06. The van der Waals surface area contributed by atoms with E-state index in [-0.39, 0.29) is 18.6 Å². The van der Waals surface area contributed by atoms with Gasteiger partial charge < -0.3 is 14.9 Å². The maximum atomic E-state index is 9.91. The van der Waals surface area contributed by atoms with Crippen molar-refractivity contribution in [2.24, 2.45) is 5.92 Å². The van der Waals surface area contributed by atoms with Crippen LogP contribution in [0.15, 0.2) is 18.2 Å². The molecule has 2 rings (SSSR count). The van der Waals surface area contributed by atoms with Crippen molar-refractivity contribution in [3.05, 3.63) is 29.3 Å². The first-order valence-corrected chi connectivity index (χ1v) is 6.25. The Bertz CT molecular complexity index is 376. The lowest BCUT2D eigenvalue weighted by molar-refractivity contribution is 0.154. The second kappa shape index (κ2) is 5.52. The van der Waals surface area contributed by atoms with Gasteiger partial charge in [-0.2, -0.15) is 0 Å². The van der Waals surface area contributed by atoms with E-state index in [9.17, 15) is 5.11 Å². The van der Waals surface area contributed by atoms with Crippen molar-refractivity contribution in [1.29, 1.82) is 0 Å². The molecule has 0 aliphatic heterocycles. The Morgan fingerprint density at radius 1 is 1.47 bits per heavy atom. The van der Waals surface area contributed by atoms with Crippen LogP contribution in [0.25, 0.3) is 0 Å². The Labute approximate surface area is 102 Å². The minimum atomic E-state index is -0.349. The van der Waals surface area contributed by atoms with Gasteiger partial charge in [-0.15, -0.1) is 0 Å². The first kappa shape index (κ1) is 12.4. The number of benzene rings is 1. The summed E-state index contributed by atoms with van der Waals surface area (Å²) in [4.78, 5) is 0. The van der Waals surface area contributed by atoms with Gasteiger partial charge in [0.05, 0.1) is 12.7 Å². The lowest BCUT2D eigenvalue weighted by atomic mass is 9.89. The summed E-state index contributed by atoms with van der Waals surface area (Å²) < 4.78 is 5.60. The zero-order chi connectivity index (χ0) is 12.3. The van der Waals surface area contributed by atoms with Crippen LogP contribution in [0, 0.1) is 5.92 Å². The Morgan fingerprint density at radius 2 is 2.29 bits per heavy atom. The predicted octanol–water partition coefficient (Wildman–Crippen LogP) is 2.06. The van der Waals surface area contributed by atoms with E-state index in [0.717, 1.165) is 30.6 Å². The molecular formula is C14H20O3. The fourth-order valence-corrected chi connectivity index (χ4v) is 2.13. The van der Waals surface area contributed by atoms with Gasteiger partial charge >= 0.3 is 0 Å². The van der Waals surface area contributed by atoms with E-state index in [2.05, 4.69) is 0 Å². The summed E-state index contributed by atoms with van der Waals surface area (Å²) in [5.74, 6) is 0.918. The van der Waals surface area contributed by atoms with Crippen molar-refractivity contribution < 1.29 is 14.9 Å². The highest BCUT2D eigenvalue weighted by molar-refractivity contribution is 5.38. The van der Waals surface area contributed by atoms with Crippen molar-refractivity contribution in [3.8, 4) is 5.75 Å². The Balaban J connectivity index is 2.07. The van der Waals surface area contributed by atoms with Crippen LogP contribution in [0.3, 0.4) is 0 Å². The molecule has 0 saturated heterocycles. The average Bonchev–Trinajstić information content (AvgIpc) is 2.36. The normalized spacial score (nSPS) is 20.8. The zero-order valence-electron chi connectivity index (χ0n) is 10.2. The van der Waals surface area contributed by atoms with Crippen LogP contribution >= 0.6 is 0 Å². The SMILES string of the molecule is CC(CO)COc1ccc2c(c1)[C@H](O)CCC2. The number of aliphatic hydroxyl groups excluding tert-OH is 2. The highest BCUT2D eigenvalue weighted by Gasteiger charge is 2.18.